The van der Waals surface area contributed by atoms with Crippen LogP contribution in [0, 0.1) is 0 Å². The fourth-order valence-electron chi connectivity index (χ4n) is 4.04. The van der Waals surface area contributed by atoms with Crippen LogP contribution in [-0.4, -0.2) is 61.6 Å². The predicted octanol–water partition coefficient (Wildman–Crippen LogP) is 5.11. The first-order chi connectivity index (χ1) is 17.0. The van der Waals surface area contributed by atoms with Crippen molar-refractivity contribution in [3.8, 4) is 0 Å². The van der Waals surface area contributed by atoms with Gasteiger partial charge < -0.3 is 9.64 Å². The van der Waals surface area contributed by atoms with E-state index < -0.39 is 6.09 Å². The van der Waals surface area contributed by atoms with Crippen LogP contribution in [0.4, 0.5) is 10.5 Å². The first-order valence-corrected chi connectivity index (χ1v) is 12.2. The zero-order valence-corrected chi connectivity index (χ0v) is 20.7. The molecule has 0 bridgehead atoms. The van der Waals surface area contributed by atoms with Gasteiger partial charge in [-0.25, -0.2) is 4.79 Å². The molecular formula is C28H30ClN3O3. The third-order valence-electron chi connectivity index (χ3n) is 6.27. The molecule has 3 aromatic carbocycles. The largest absolute Gasteiger partial charge is 0.444 e. The maximum absolute atomic E-state index is 13.0. The van der Waals surface area contributed by atoms with Crippen LogP contribution < -0.4 is 4.90 Å². The highest BCUT2D eigenvalue weighted by molar-refractivity contribution is 6.30. The number of carbonyl (C=O) groups excluding carboxylic acids is 2. The van der Waals surface area contributed by atoms with Crippen molar-refractivity contribution in [2.24, 2.45) is 0 Å². The normalized spacial score (nSPS) is 13.9. The molecular weight excluding hydrogens is 462 g/mol. The molecule has 1 heterocycles. The van der Waals surface area contributed by atoms with Gasteiger partial charge in [-0.05, 0) is 53.9 Å². The van der Waals surface area contributed by atoms with E-state index in [1.54, 1.807) is 31.3 Å². The Hall–Kier alpha value is -3.35. The molecule has 0 unspecified atom stereocenters. The molecule has 4 rings (SSSR count). The highest BCUT2D eigenvalue weighted by Gasteiger charge is 2.22. The van der Waals surface area contributed by atoms with E-state index in [-0.39, 0.29) is 12.5 Å². The van der Waals surface area contributed by atoms with Gasteiger partial charge >= 0.3 is 6.09 Å². The Morgan fingerprint density at radius 3 is 2.17 bits per heavy atom. The van der Waals surface area contributed by atoms with Gasteiger partial charge in [-0.2, -0.15) is 0 Å². The first-order valence-electron chi connectivity index (χ1n) is 11.8. The summed E-state index contributed by atoms with van der Waals surface area (Å²) in [6.07, 6.45) is 0.524. The van der Waals surface area contributed by atoms with Gasteiger partial charge in [-0.1, -0.05) is 54.1 Å². The van der Waals surface area contributed by atoms with Crippen molar-refractivity contribution < 1.29 is 14.3 Å². The third kappa shape index (κ3) is 6.84. The molecule has 1 fully saturated rings. The number of halogens is 1. The highest BCUT2D eigenvalue weighted by Crippen LogP contribution is 2.18. The summed E-state index contributed by atoms with van der Waals surface area (Å²) in [4.78, 5) is 31.1. The van der Waals surface area contributed by atoms with Crippen molar-refractivity contribution >= 4 is 29.3 Å². The van der Waals surface area contributed by atoms with E-state index in [0.29, 0.717) is 24.3 Å². The zero-order valence-electron chi connectivity index (χ0n) is 19.9. The molecule has 3 aromatic rings. The van der Waals surface area contributed by atoms with E-state index in [1.807, 2.05) is 47.4 Å². The van der Waals surface area contributed by atoms with Crippen molar-refractivity contribution in [3.63, 3.8) is 0 Å². The van der Waals surface area contributed by atoms with Crippen LogP contribution in [0.1, 0.15) is 21.5 Å². The van der Waals surface area contributed by atoms with Gasteiger partial charge in [0.15, 0.2) is 0 Å². The lowest BCUT2D eigenvalue weighted by atomic mass is 10.1. The first kappa shape index (κ1) is 24.8. The van der Waals surface area contributed by atoms with Crippen molar-refractivity contribution in [2.45, 2.75) is 13.0 Å². The fraction of sp³-hybridized carbons (Fsp3) is 0.286. The van der Waals surface area contributed by atoms with E-state index in [0.717, 1.165) is 36.6 Å². The van der Waals surface area contributed by atoms with E-state index in [4.69, 9.17) is 16.3 Å². The van der Waals surface area contributed by atoms with Crippen molar-refractivity contribution in [1.82, 2.24) is 9.80 Å². The highest BCUT2D eigenvalue weighted by atomic mass is 35.5. The maximum atomic E-state index is 13.0. The quantitative estimate of drug-likeness (QED) is 0.460. The van der Waals surface area contributed by atoms with Crippen molar-refractivity contribution in [1.29, 1.82) is 0 Å². The SMILES string of the molecule is CN(C(=O)OCc1ccccc1)c1ccc(C(=O)N2CCN(CCc3ccc(Cl)cc3)CC2)cc1. The summed E-state index contributed by atoms with van der Waals surface area (Å²) in [6.45, 7) is 4.29. The summed E-state index contributed by atoms with van der Waals surface area (Å²) >= 11 is 5.96. The van der Waals surface area contributed by atoms with E-state index in [9.17, 15) is 9.59 Å². The van der Waals surface area contributed by atoms with Gasteiger partial charge in [0.2, 0.25) is 0 Å². The average Bonchev–Trinajstić information content (AvgIpc) is 2.91. The molecule has 0 saturated carbocycles. The number of ether oxygens (including phenoxy) is 1. The Bertz CT molecular complexity index is 1110. The van der Waals surface area contributed by atoms with Gasteiger partial charge in [0.05, 0.1) is 0 Å². The van der Waals surface area contributed by atoms with Crippen LogP contribution >= 0.6 is 11.6 Å². The minimum absolute atomic E-state index is 0.0169. The lowest BCUT2D eigenvalue weighted by Gasteiger charge is -2.34. The van der Waals surface area contributed by atoms with Crippen LogP contribution in [0.5, 0.6) is 0 Å². The lowest BCUT2D eigenvalue weighted by Crippen LogP contribution is -2.49. The Morgan fingerprint density at radius 1 is 0.857 bits per heavy atom. The molecule has 6 nitrogen and oxygen atoms in total. The minimum atomic E-state index is -0.442. The van der Waals surface area contributed by atoms with Gasteiger partial charge in [0, 0.05) is 56.0 Å². The summed E-state index contributed by atoms with van der Waals surface area (Å²) in [7, 11) is 1.66. The zero-order chi connectivity index (χ0) is 24.6. The Morgan fingerprint density at radius 2 is 1.51 bits per heavy atom. The van der Waals surface area contributed by atoms with Crippen LogP contribution in [0.25, 0.3) is 0 Å². The molecule has 0 N–H and O–H groups in total. The topological polar surface area (TPSA) is 53.1 Å². The Balaban J connectivity index is 1.24. The smallest absolute Gasteiger partial charge is 0.414 e. The van der Waals surface area contributed by atoms with Crippen molar-refractivity contribution in [2.75, 3.05) is 44.7 Å². The molecule has 182 valence electrons. The second kappa shape index (κ2) is 11.9. The number of anilines is 1. The molecule has 2 amide bonds. The molecule has 0 aliphatic carbocycles. The molecule has 1 aliphatic heterocycles. The van der Waals surface area contributed by atoms with E-state index in [1.165, 1.54) is 10.5 Å². The van der Waals surface area contributed by atoms with E-state index >= 15 is 0 Å². The van der Waals surface area contributed by atoms with Gasteiger partial charge in [0.25, 0.3) is 5.91 Å². The molecule has 1 saturated heterocycles. The van der Waals surface area contributed by atoms with Crippen LogP contribution in [0.15, 0.2) is 78.9 Å². The summed E-state index contributed by atoms with van der Waals surface area (Å²) < 4.78 is 5.38. The number of piperazine rings is 1. The molecule has 35 heavy (non-hydrogen) atoms. The van der Waals surface area contributed by atoms with Gasteiger partial charge in [0.1, 0.15) is 6.61 Å². The Kier molecular flexibility index (Phi) is 8.40. The number of nitrogens with zero attached hydrogens (tertiary/aromatic N) is 3. The fourth-order valence-corrected chi connectivity index (χ4v) is 4.17. The molecule has 0 radical (unpaired) electrons. The Labute approximate surface area is 211 Å². The molecule has 0 aromatic heterocycles. The van der Waals surface area contributed by atoms with Crippen LogP contribution in [-0.2, 0) is 17.8 Å². The second-order valence-corrected chi connectivity index (χ2v) is 9.09. The summed E-state index contributed by atoms with van der Waals surface area (Å²) in [6, 6.07) is 24.6. The number of hydrogen-bond donors (Lipinski definition) is 0. The lowest BCUT2D eigenvalue weighted by molar-refractivity contribution is 0.0638. The number of benzene rings is 3. The minimum Gasteiger partial charge on any atom is -0.444 e. The van der Waals surface area contributed by atoms with Crippen LogP contribution in [0.2, 0.25) is 5.02 Å². The summed E-state index contributed by atoms with van der Waals surface area (Å²) in [5.74, 6) is 0.0169. The number of amides is 2. The predicted molar refractivity (Wildman–Crippen MR) is 139 cm³/mol. The second-order valence-electron chi connectivity index (χ2n) is 8.66. The molecule has 7 heteroatoms. The summed E-state index contributed by atoms with van der Waals surface area (Å²) in [5, 5.41) is 0.753. The third-order valence-corrected chi connectivity index (χ3v) is 6.52. The standard InChI is InChI=1S/C28H30ClN3O3/c1-30(28(34)35-21-23-5-3-2-4-6-23)26-13-9-24(10-14-26)27(33)32-19-17-31(18-20-32)16-15-22-7-11-25(29)12-8-22/h2-14H,15-21H2,1H3. The molecule has 1 aliphatic rings. The van der Waals surface area contributed by atoms with Gasteiger partial charge in [-0.15, -0.1) is 0 Å². The average molecular weight is 492 g/mol. The summed E-state index contributed by atoms with van der Waals surface area (Å²) in [5.41, 5.74) is 3.49. The van der Waals surface area contributed by atoms with Crippen LogP contribution in [0.3, 0.4) is 0 Å². The molecule has 0 atom stereocenters. The number of carbonyl (C=O) groups is 2. The van der Waals surface area contributed by atoms with Crippen molar-refractivity contribution in [3.05, 3.63) is 101 Å². The monoisotopic (exact) mass is 491 g/mol. The van der Waals surface area contributed by atoms with E-state index in [2.05, 4.69) is 17.0 Å². The number of hydrogen-bond acceptors (Lipinski definition) is 4. The van der Waals surface area contributed by atoms with Gasteiger partial charge in [-0.3, -0.25) is 14.6 Å². The maximum Gasteiger partial charge on any atom is 0.414 e. The number of rotatable bonds is 7. The molecule has 0 spiro atoms.